The lowest BCUT2D eigenvalue weighted by Gasteiger charge is -2.26. The van der Waals surface area contributed by atoms with Crippen LogP contribution in [-0.4, -0.2) is 5.71 Å². The third kappa shape index (κ3) is 6.01. The molecule has 286 valence electrons. The zero-order chi connectivity index (χ0) is 40.3. The highest BCUT2D eigenvalue weighted by atomic mass is 16.3. The maximum absolute atomic E-state index is 6.71. The van der Waals surface area contributed by atoms with Gasteiger partial charge in [-0.3, -0.25) is 4.99 Å². The molecule has 1 aliphatic heterocycles. The molecule has 0 radical (unpaired) electrons. The van der Waals surface area contributed by atoms with E-state index < -0.39 is 0 Å². The van der Waals surface area contributed by atoms with Crippen molar-refractivity contribution in [1.29, 1.82) is 0 Å². The first-order valence-electron chi connectivity index (χ1n) is 20.9. The van der Waals surface area contributed by atoms with E-state index >= 15 is 0 Å². The summed E-state index contributed by atoms with van der Waals surface area (Å²) in [7, 11) is 0. The molecule has 1 aromatic heterocycles. The molecule has 0 fully saturated rings. The van der Waals surface area contributed by atoms with Gasteiger partial charge in [-0.05, 0) is 121 Å². The van der Waals surface area contributed by atoms with Crippen LogP contribution in [0.1, 0.15) is 11.1 Å². The summed E-state index contributed by atoms with van der Waals surface area (Å²) in [5, 5.41) is 7.07. The summed E-state index contributed by atoms with van der Waals surface area (Å²) in [4.78, 5) is 7.37. The molecule has 2 heterocycles. The monoisotopic (exact) mass is 778 g/mol. The van der Waals surface area contributed by atoms with Gasteiger partial charge < -0.3 is 9.32 Å². The average molecular weight is 779 g/mol. The van der Waals surface area contributed by atoms with Crippen LogP contribution < -0.4 is 4.90 Å². The molecule has 0 N–H and O–H groups in total. The van der Waals surface area contributed by atoms with Gasteiger partial charge in [0.25, 0.3) is 0 Å². The normalized spacial score (nSPS) is 12.3. The van der Waals surface area contributed by atoms with E-state index in [1.165, 1.54) is 49.4 Å². The predicted octanol–water partition coefficient (Wildman–Crippen LogP) is 16.0. The summed E-state index contributed by atoms with van der Waals surface area (Å²) in [6.45, 7) is 0. The van der Waals surface area contributed by atoms with Crippen LogP contribution in [0.4, 0.5) is 22.7 Å². The molecule has 0 amide bonds. The maximum Gasteiger partial charge on any atom is 0.136 e. The Balaban J connectivity index is 0.929. The van der Waals surface area contributed by atoms with Gasteiger partial charge in [-0.25, -0.2) is 0 Å². The molecule has 12 rings (SSSR count). The summed E-state index contributed by atoms with van der Waals surface area (Å²) >= 11 is 0. The second kappa shape index (κ2) is 14.4. The number of hydrogen-bond donors (Lipinski definition) is 0. The second-order valence-electron chi connectivity index (χ2n) is 15.9. The number of hydrogen-bond acceptors (Lipinski definition) is 3. The molecule has 0 saturated heterocycles. The summed E-state index contributed by atoms with van der Waals surface area (Å²) in [5.74, 6) is 0. The van der Waals surface area contributed by atoms with E-state index in [9.17, 15) is 0 Å². The molecule has 0 aliphatic carbocycles. The van der Waals surface area contributed by atoms with Crippen LogP contribution >= 0.6 is 0 Å². The molecule has 1 aliphatic rings. The Morgan fingerprint density at radius 1 is 0.361 bits per heavy atom. The molecule has 0 unspecified atom stereocenters. The fourth-order valence-electron chi connectivity index (χ4n) is 9.39. The third-order valence-electron chi connectivity index (χ3n) is 12.3. The number of rotatable bonds is 7. The average Bonchev–Trinajstić information content (AvgIpc) is 3.94. The highest BCUT2D eigenvalue weighted by Gasteiger charge is 2.21. The van der Waals surface area contributed by atoms with Crippen molar-refractivity contribution in [3.63, 3.8) is 0 Å². The number of anilines is 3. The van der Waals surface area contributed by atoms with Gasteiger partial charge in [0.2, 0.25) is 0 Å². The van der Waals surface area contributed by atoms with Crippen LogP contribution in [0, 0.1) is 0 Å². The highest BCUT2D eigenvalue weighted by Crippen LogP contribution is 2.44. The van der Waals surface area contributed by atoms with Crippen molar-refractivity contribution < 1.29 is 4.42 Å². The number of furan rings is 1. The van der Waals surface area contributed by atoms with Crippen LogP contribution in [0.5, 0.6) is 0 Å². The maximum atomic E-state index is 6.71. The quantitative estimate of drug-likeness (QED) is 0.161. The van der Waals surface area contributed by atoms with Gasteiger partial charge in [-0.15, -0.1) is 0 Å². The first-order chi connectivity index (χ1) is 30.2. The molecular formula is C58H38N2O. The van der Waals surface area contributed by atoms with Gasteiger partial charge >= 0.3 is 0 Å². The summed E-state index contributed by atoms with van der Waals surface area (Å²) in [6.07, 6.45) is 0.849. The molecular weight excluding hydrogens is 741 g/mol. The minimum absolute atomic E-state index is 0.849. The van der Waals surface area contributed by atoms with Crippen molar-refractivity contribution in [3.8, 4) is 33.4 Å². The van der Waals surface area contributed by atoms with E-state index in [1.807, 2.05) is 0 Å². The van der Waals surface area contributed by atoms with Gasteiger partial charge in [0.1, 0.15) is 11.2 Å². The van der Waals surface area contributed by atoms with Gasteiger partial charge in [0.15, 0.2) is 0 Å². The van der Waals surface area contributed by atoms with Crippen molar-refractivity contribution in [1.82, 2.24) is 0 Å². The van der Waals surface area contributed by atoms with E-state index in [0.29, 0.717) is 0 Å². The second-order valence-corrected chi connectivity index (χ2v) is 15.9. The van der Waals surface area contributed by atoms with E-state index in [4.69, 9.17) is 9.41 Å². The van der Waals surface area contributed by atoms with Gasteiger partial charge in [-0.1, -0.05) is 158 Å². The first-order valence-corrected chi connectivity index (χ1v) is 20.9. The smallest absolute Gasteiger partial charge is 0.136 e. The number of aliphatic imine (C=N–C) groups is 1. The molecule has 61 heavy (non-hydrogen) atoms. The fourth-order valence-corrected chi connectivity index (χ4v) is 9.39. The van der Waals surface area contributed by atoms with Crippen LogP contribution in [0.25, 0.3) is 76.9 Å². The number of fused-ring (bicyclic) bond motifs is 7. The predicted molar refractivity (Wildman–Crippen MR) is 256 cm³/mol. The van der Waals surface area contributed by atoms with Crippen LogP contribution in [-0.2, 0) is 6.42 Å². The van der Waals surface area contributed by atoms with Crippen molar-refractivity contribution in [2.75, 3.05) is 4.90 Å². The minimum atomic E-state index is 0.849. The molecule has 0 spiro atoms. The summed E-state index contributed by atoms with van der Waals surface area (Å²) < 4.78 is 6.71. The largest absolute Gasteiger partial charge is 0.456 e. The van der Waals surface area contributed by atoms with E-state index in [0.717, 1.165) is 73.5 Å². The molecule has 3 nitrogen and oxygen atoms in total. The van der Waals surface area contributed by atoms with Crippen molar-refractivity contribution in [2.24, 2.45) is 4.99 Å². The van der Waals surface area contributed by atoms with Crippen molar-refractivity contribution in [3.05, 3.63) is 230 Å². The first kappa shape index (κ1) is 35.0. The van der Waals surface area contributed by atoms with Crippen LogP contribution in [0.2, 0.25) is 0 Å². The molecule has 10 aromatic carbocycles. The Bertz CT molecular complexity index is 3470. The Labute approximate surface area is 354 Å². The lowest BCUT2D eigenvalue weighted by molar-refractivity contribution is 0.669. The Hall–Kier alpha value is -8.01. The number of benzene rings is 10. The SMILES string of the molecule is c1ccc(-c2ccc(N(c3ccccc3)c3ccc(-c4cc5oc6ccc(-c7ccc(C8=Nc9ccccc9C8)c8ccccc78)cc6c5c5ccccc45)cc3)cc2)cc1. The Morgan fingerprint density at radius 3 is 1.62 bits per heavy atom. The fraction of sp³-hybridized carbons (Fsp3) is 0.0172. The van der Waals surface area contributed by atoms with Crippen molar-refractivity contribution in [2.45, 2.75) is 6.42 Å². The molecule has 0 bridgehead atoms. The lowest BCUT2D eigenvalue weighted by atomic mass is 9.91. The minimum Gasteiger partial charge on any atom is -0.456 e. The van der Waals surface area contributed by atoms with Gasteiger partial charge in [-0.2, -0.15) is 0 Å². The van der Waals surface area contributed by atoms with E-state index in [2.05, 4.69) is 223 Å². The topological polar surface area (TPSA) is 28.7 Å². The highest BCUT2D eigenvalue weighted by molar-refractivity contribution is 6.23. The molecule has 3 heteroatoms. The zero-order valence-electron chi connectivity index (χ0n) is 33.3. The van der Waals surface area contributed by atoms with E-state index in [1.54, 1.807) is 0 Å². The van der Waals surface area contributed by atoms with Crippen molar-refractivity contribution >= 4 is 71.9 Å². The van der Waals surface area contributed by atoms with Gasteiger partial charge in [0, 0.05) is 39.8 Å². The zero-order valence-corrected chi connectivity index (χ0v) is 33.3. The Morgan fingerprint density at radius 2 is 0.902 bits per heavy atom. The molecule has 11 aromatic rings. The summed E-state index contributed by atoms with van der Waals surface area (Å²) in [6, 6.07) is 78.2. The molecule has 0 saturated carbocycles. The number of para-hydroxylation sites is 2. The van der Waals surface area contributed by atoms with E-state index in [-0.39, 0.29) is 0 Å². The van der Waals surface area contributed by atoms with Crippen LogP contribution in [0.15, 0.2) is 228 Å². The van der Waals surface area contributed by atoms with Gasteiger partial charge in [0.05, 0.1) is 11.4 Å². The standard InChI is InChI=1S/C58H38N2O/c1-3-13-38(14-4-1)39-23-28-44(29-24-39)60(43-16-5-2-6-17-43)45-30-25-40(26-31-45)52-37-57-58(51-21-11-10-20-49(51)52)53-35-41(27-34-56(53)61-57)46-32-33-50(48-19-9-8-18-47(46)48)55-36-42-15-7-12-22-54(42)59-55/h1-35,37H,36H2. The number of nitrogens with zero attached hydrogens (tertiary/aromatic N) is 2. The third-order valence-corrected chi connectivity index (χ3v) is 12.3. The lowest BCUT2D eigenvalue weighted by Crippen LogP contribution is -2.09. The molecule has 0 atom stereocenters. The summed E-state index contributed by atoms with van der Waals surface area (Å²) in [5.41, 5.74) is 16.8. The van der Waals surface area contributed by atoms with Crippen LogP contribution in [0.3, 0.4) is 0 Å². The Kier molecular flexibility index (Phi) is 8.24.